The second-order valence-electron chi connectivity index (χ2n) is 5.48. The first-order valence-corrected chi connectivity index (χ1v) is 6.29. The zero-order valence-corrected chi connectivity index (χ0v) is 9.26. The summed E-state index contributed by atoms with van der Waals surface area (Å²) < 4.78 is 0. The van der Waals surface area contributed by atoms with Crippen molar-refractivity contribution in [2.75, 3.05) is 0 Å². The molecule has 0 aliphatic heterocycles. The molecule has 0 aromatic heterocycles. The Kier molecular flexibility index (Phi) is 2.96. The summed E-state index contributed by atoms with van der Waals surface area (Å²) >= 11 is 0. The molecule has 2 saturated carbocycles. The molecule has 0 saturated heterocycles. The van der Waals surface area contributed by atoms with Gasteiger partial charge in [0.2, 0.25) is 0 Å². The van der Waals surface area contributed by atoms with E-state index in [-0.39, 0.29) is 0 Å². The van der Waals surface area contributed by atoms with Crippen molar-refractivity contribution in [3.63, 3.8) is 0 Å². The second kappa shape index (κ2) is 4.02. The molecule has 76 valence electrons. The lowest BCUT2D eigenvalue weighted by Crippen LogP contribution is -2.26. The highest BCUT2D eigenvalue weighted by Gasteiger charge is 2.33. The minimum atomic E-state index is 0.994. The van der Waals surface area contributed by atoms with Crippen molar-refractivity contribution in [2.24, 2.45) is 23.7 Å². The van der Waals surface area contributed by atoms with E-state index in [1.165, 1.54) is 32.1 Å². The van der Waals surface area contributed by atoms with Crippen LogP contribution in [0.1, 0.15) is 58.8 Å². The summed E-state index contributed by atoms with van der Waals surface area (Å²) in [5, 5.41) is 0. The van der Waals surface area contributed by atoms with Crippen molar-refractivity contribution in [2.45, 2.75) is 58.8 Å². The summed E-state index contributed by atoms with van der Waals surface area (Å²) in [5.74, 6) is 4.20. The fourth-order valence-corrected chi connectivity index (χ4v) is 3.67. The summed E-state index contributed by atoms with van der Waals surface area (Å²) in [6.45, 7) is 4.99. The molecule has 4 unspecified atom stereocenters. The molecule has 2 fully saturated rings. The molecule has 0 amide bonds. The van der Waals surface area contributed by atoms with Gasteiger partial charge in [-0.1, -0.05) is 52.4 Å². The third-order valence-corrected chi connectivity index (χ3v) is 4.78. The van der Waals surface area contributed by atoms with Gasteiger partial charge in [-0.3, -0.25) is 0 Å². The Balaban J connectivity index is 2.06. The second-order valence-corrected chi connectivity index (χ2v) is 5.48. The van der Waals surface area contributed by atoms with Gasteiger partial charge in [0.1, 0.15) is 0 Å². The van der Waals surface area contributed by atoms with E-state index in [9.17, 15) is 0 Å². The lowest BCUT2D eigenvalue weighted by Gasteiger charge is -2.35. The molecule has 0 radical (unpaired) electrons. The Morgan fingerprint density at radius 2 is 1.46 bits per heavy atom. The van der Waals surface area contributed by atoms with Crippen molar-refractivity contribution < 1.29 is 0 Å². The van der Waals surface area contributed by atoms with Gasteiger partial charge in [-0.2, -0.15) is 0 Å². The van der Waals surface area contributed by atoms with Crippen molar-refractivity contribution in [1.82, 2.24) is 0 Å². The minimum absolute atomic E-state index is 0.994. The van der Waals surface area contributed by atoms with Crippen molar-refractivity contribution in [1.29, 1.82) is 0 Å². The number of hydrogen-bond donors (Lipinski definition) is 0. The van der Waals surface area contributed by atoms with Crippen LogP contribution in [0.2, 0.25) is 0 Å². The Morgan fingerprint density at radius 1 is 0.769 bits per heavy atom. The smallest absolute Gasteiger partial charge is 0.0358 e. The van der Waals surface area contributed by atoms with Gasteiger partial charge in [-0.15, -0.1) is 0 Å². The lowest BCUT2D eigenvalue weighted by molar-refractivity contribution is 0.149. The zero-order chi connectivity index (χ0) is 9.26. The molecular formula is C13H24. The van der Waals surface area contributed by atoms with Crippen LogP contribution in [0.5, 0.6) is 0 Å². The summed E-state index contributed by atoms with van der Waals surface area (Å²) in [5.41, 5.74) is 0. The third kappa shape index (κ3) is 1.92. The normalized spacial score (nSPS) is 46.6. The molecule has 0 bridgehead atoms. The van der Waals surface area contributed by atoms with Crippen molar-refractivity contribution in [3.05, 3.63) is 0 Å². The Hall–Kier alpha value is 0. The van der Waals surface area contributed by atoms with Crippen LogP contribution in [0.3, 0.4) is 0 Å². The molecule has 13 heavy (non-hydrogen) atoms. The minimum Gasteiger partial charge on any atom is -0.0622 e. The monoisotopic (exact) mass is 180 g/mol. The molecular weight excluding hydrogens is 156 g/mol. The number of hydrogen-bond acceptors (Lipinski definition) is 0. The Bertz CT molecular complexity index is 159. The molecule has 0 aromatic carbocycles. The molecule has 4 atom stereocenters. The lowest BCUT2D eigenvalue weighted by atomic mass is 9.70. The van der Waals surface area contributed by atoms with Gasteiger partial charge in [0.25, 0.3) is 0 Å². The first-order chi connectivity index (χ1) is 6.29. The van der Waals surface area contributed by atoms with Crippen LogP contribution < -0.4 is 0 Å². The zero-order valence-electron chi connectivity index (χ0n) is 9.26. The highest BCUT2D eigenvalue weighted by molar-refractivity contribution is 4.84. The van der Waals surface area contributed by atoms with E-state index in [0.717, 1.165) is 23.7 Å². The van der Waals surface area contributed by atoms with Crippen LogP contribution >= 0.6 is 0 Å². The van der Waals surface area contributed by atoms with E-state index in [1.807, 2.05) is 0 Å². The fourth-order valence-electron chi connectivity index (χ4n) is 3.67. The van der Waals surface area contributed by atoms with Gasteiger partial charge < -0.3 is 0 Å². The Labute approximate surface area is 83.1 Å². The van der Waals surface area contributed by atoms with Crippen LogP contribution in [-0.2, 0) is 0 Å². The molecule has 2 aliphatic rings. The third-order valence-electron chi connectivity index (χ3n) is 4.78. The maximum absolute atomic E-state index is 2.51. The highest BCUT2D eigenvalue weighted by Crippen LogP contribution is 2.44. The molecule has 0 nitrogen and oxygen atoms in total. The summed E-state index contributed by atoms with van der Waals surface area (Å²) in [6.07, 6.45) is 10.7. The average Bonchev–Trinajstić information content (AvgIpc) is 2.29. The van der Waals surface area contributed by atoms with Crippen LogP contribution in [0.25, 0.3) is 0 Å². The quantitative estimate of drug-likeness (QED) is 0.523. The molecule has 0 N–H and O–H groups in total. The standard InChI is InChI=1S/C13H24/c1-10-6-5-8-12-7-3-4-9-13(12)11(10)2/h10-13H,3-9H2,1-2H3. The Morgan fingerprint density at radius 3 is 2.31 bits per heavy atom. The molecule has 0 aromatic rings. The topological polar surface area (TPSA) is 0 Å². The summed E-state index contributed by atoms with van der Waals surface area (Å²) in [7, 11) is 0. The van der Waals surface area contributed by atoms with Gasteiger partial charge >= 0.3 is 0 Å². The summed E-state index contributed by atoms with van der Waals surface area (Å²) in [6, 6.07) is 0. The first kappa shape index (κ1) is 9.55. The largest absolute Gasteiger partial charge is 0.0622 e. The average molecular weight is 180 g/mol. The van der Waals surface area contributed by atoms with Crippen LogP contribution in [0.15, 0.2) is 0 Å². The van der Waals surface area contributed by atoms with E-state index in [2.05, 4.69) is 13.8 Å². The predicted molar refractivity (Wildman–Crippen MR) is 57.6 cm³/mol. The van der Waals surface area contributed by atoms with E-state index < -0.39 is 0 Å². The summed E-state index contributed by atoms with van der Waals surface area (Å²) in [4.78, 5) is 0. The molecule has 0 heteroatoms. The SMILES string of the molecule is CC1CCCC2CCCCC2C1C. The molecule has 0 spiro atoms. The van der Waals surface area contributed by atoms with Crippen LogP contribution in [-0.4, -0.2) is 0 Å². The van der Waals surface area contributed by atoms with Gasteiger partial charge in [0.05, 0.1) is 0 Å². The number of fused-ring (bicyclic) bond motifs is 1. The fraction of sp³-hybridized carbons (Fsp3) is 1.00. The van der Waals surface area contributed by atoms with Gasteiger partial charge in [-0.05, 0) is 30.1 Å². The molecule has 0 heterocycles. The van der Waals surface area contributed by atoms with Crippen molar-refractivity contribution >= 4 is 0 Å². The first-order valence-electron chi connectivity index (χ1n) is 6.29. The maximum atomic E-state index is 2.51. The van der Waals surface area contributed by atoms with Crippen LogP contribution in [0, 0.1) is 23.7 Å². The van der Waals surface area contributed by atoms with Gasteiger partial charge in [0.15, 0.2) is 0 Å². The van der Waals surface area contributed by atoms with Crippen LogP contribution in [0.4, 0.5) is 0 Å². The molecule has 2 aliphatic carbocycles. The van der Waals surface area contributed by atoms with E-state index in [4.69, 9.17) is 0 Å². The van der Waals surface area contributed by atoms with Gasteiger partial charge in [-0.25, -0.2) is 0 Å². The van der Waals surface area contributed by atoms with Crippen molar-refractivity contribution in [3.8, 4) is 0 Å². The maximum Gasteiger partial charge on any atom is -0.0358 e. The van der Waals surface area contributed by atoms with Gasteiger partial charge in [0, 0.05) is 0 Å². The predicted octanol–water partition coefficient (Wildman–Crippen LogP) is 4.25. The van der Waals surface area contributed by atoms with E-state index in [1.54, 1.807) is 12.8 Å². The number of rotatable bonds is 0. The molecule has 2 rings (SSSR count). The van der Waals surface area contributed by atoms with E-state index in [0.29, 0.717) is 0 Å². The highest BCUT2D eigenvalue weighted by atomic mass is 14.4. The van der Waals surface area contributed by atoms with E-state index >= 15 is 0 Å².